The summed E-state index contributed by atoms with van der Waals surface area (Å²) in [7, 11) is 0. The molecule has 1 aliphatic rings. The van der Waals surface area contributed by atoms with Gasteiger partial charge in [-0.05, 0) is 25.0 Å². The Hall–Kier alpha value is -0.740. The molecule has 0 amide bonds. The lowest BCUT2D eigenvalue weighted by Crippen LogP contribution is -2.21. The lowest BCUT2D eigenvalue weighted by atomic mass is 9.96. The van der Waals surface area contributed by atoms with Crippen LogP contribution in [0.4, 0.5) is 4.39 Å². The second kappa shape index (κ2) is 5.74. The van der Waals surface area contributed by atoms with Crippen molar-refractivity contribution in [1.82, 2.24) is 0 Å². The van der Waals surface area contributed by atoms with E-state index in [9.17, 15) is 9.18 Å². The summed E-state index contributed by atoms with van der Waals surface area (Å²) >= 11 is 3.21. The van der Waals surface area contributed by atoms with Crippen molar-refractivity contribution in [3.05, 3.63) is 34.1 Å². The van der Waals surface area contributed by atoms with Crippen molar-refractivity contribution in [2.45, 2.75) is 38.4 Å². The molecule has 0 aliphatic heterocycles. The molecule has 0 radical (unpaired) electrons. The van der Waals surface area contributed by atoms with E-state index < -0.39 is 0 Å². The molecule has 4 heteroatoms. The summed E-state index contributed by atoms with van der Waals surface area (Å²) in [5.74, 6) is 0.0472. The van der Waals surface area contributed by atoms with Gasteiger partial charge in [-0.1, -0.05) is 22.0 Å². The summed E-state index contributed by atoms with van der Waals surface area (Å²) in [6, 6.07) is 4.95. The quantitative estimate of drug-likeness (QED) is 0.852. The zero-order valence-corrected chi connectivity index (χ0v) is 11.0. The maximum absolute atomic E-state index is 13.5. The molecular formula is C13H14BrFO2. The van der Waals surface area contributed by atoms with Gasteiger partial charge in [0.15, 0.2) is 0 Å². The van der Waals surface area contributed by atoms with Crippen LogP contribution in [0.3, 0.4) is 0 Å². The fourth-order valence-corrected chi connectivity index (χ4v) is 2.26. The minimum atomic E-state index is -0.258. The second-order valence-electron chi connectivity index (χ2n) is 4.28. The topological polar surface area (TPSA) is 26.3 Å². The molecule has 0 N–H and O–H groups in total. The summed E-state index contributed by atoms with van der Waals surface area (Å²) < 4.78 is 19.9. The molecule has 0 heterocycles. The number of halogens is 2. The first-order chi connectivity index (χ1) is 8.15. The van der Waals surface area contributed by atoms with E-state index in [0.29, 0.717) is 24.2 Å². The van der Waals surface area contributed by atoms with Crippen LogP contribution in [0.15, 0.2) is 22.7 Å². The van der Waals surface area contributed by atoms with Gasteiger partial charge in [0.25, 0.3) is 0 Å². The van der Waals surface area contributed by atoms with Gasteiger partial charge in [0, 0.05) is 22.9 Å². The normalized spacial score (nSPS) is 17.4. The zero-order chi connectivity index (χ0) is 12.3. The van der Waals surface area contributed by atoms with Crippen molar-refractivity contribution in [3.8, 4) is 0 Å². The van der Waals surface area contributed by atoms with Gasteiger partial charge in [-0.3, -0.25) is 4.79 Å². The first-order valence-corrected chi connectivity index (χ1v) is 6.51. The van der Waals surface area contributed by atoms with Crippen LogP contribution in [-0.2, 0) is 16.1 Å². The SMILES string of the molecule is O=C1CCC(OCc2ccc(Br)cc2F)CC1. The van der Waals surface area contributed by atoms with E-state index in [1.165, 1.54) is 6.07 Å². The minimum absolute atomic E-state index is 0.0933. The van der Waals surface area contributed by atoms with Crippen LogP contribution >= 0.6 is 15.9 Å². The zero-order valence-electron chi connectivity index (χ0n) is 9.42. The van der Waals surface area contributed by atoms with E-state index in [1.807, 2.05) is 0 Å². The first-order valence-electron chi connectivity index (χ1n) is 5.72. The minimum Gasteiger partial charge on any atom is -0.373 e. The standard InChI is InChI=1S/C13H14BrFO2/c14-10-2-1-9(13(15)7-10)8-17-12-5-3-11(16)4-6-12/h1-2,7,12H,3-6,8H2. The molecule has 1 aromatic rings. The summed E-state index contributed by atoms with van der Waals surface area (Å²) in [6.45, 7) is 0.276. The Morgan fingerprint density at radius 3 is 2.71 bits per heavy atom. The number of rotatable bonds is 3. The molecule has 1 fully saturated rings. The molecule has 0 unspecified atom stereocenters. The van der Waals surface area contributed by atoms with Gasteiger partial charge in [-0.15, -0.1) is 0 Å². The highest BCUT2D eigenvalue weighted by Crippen LogP contribution is 2.21. The average molecular weight is 301 g/mol. The predicted octanol–water partition coefficient (Wildman–Crippen LogP) is 3.62. The Kier molecular flexibility index (Phi) is 4.29. The molecule has 0 bridgehead atoms. The predicted molar refractivity (Wildman–Crippen MR) is 66.2 cm³/mol. The summed E-state index contributed by atoms with van der Waals surface area (Å²) in [4.78, 5) is 11.1. The van der Waals surface area contributed by atoms with Crippen LogP contribution in [0.2, 0.25) is 0 Å². The maximum atomic E-state index is 13.5. The first kappa shape index (κ1) is 12.7. The lowest BCUT2D eigenvalue weighted by Gasteiger charge is -2.21. The van der Waals surface area contributed by atoms with E-state index in [0.717, 1.165) is 17.3 Å². The van der Waals surface area contributed by atoms with Crippen molar-refractivity contribution in [1.29, 1.82) is 0 Å². The Balaban J connectivity index is 1.87. The van der Waals surface area contributed by atoms with Crippen LogP contribution in [0.25, 0.3) is 0 Å². The van der Waals surface area contributed by atoms with Gasteiger partial charge in [0.2, 0.25) is 0 Å². The Labute approximate surface area is 108 Å². The van der Waals surface area contributed by atoms with Gasteiger partial charge in [-0.25, -0.2) is 4.39 Å². The monoisotopic (exact) mass is 300 g/mol. The van der Waals surface area contributed by atoms with Gasteiger partial charge >= 0.3 is 0 Å². The Morgan fingerprint density at radius 2 is 2.06 bits per heavy atom. The highest BCUT2D eigenvalue weighted by Gasteiger charge is 2.19. The summed E-state index contributed by atoms with van der Waals surface area (Å²) in [5, 5.41) is 0. The number of ether oxygens (including phenoxy) is 1. The fraction of sp³-hybridized carbons (Fsp3) is 0.462. The molecule has 17 heavy (non-hydrogen) atoms. The van der Waals surface area contributed by atoms with Crippen molar-refractivity contribution >= 4 is 21.7 Å². The largest absolute Gasteiger partial charge is 0.373 e. The van der Waals surface area contributed by atoms with Crippen LogP contribution in [0.1, 0.15) is 31.2 Å². The second-order valence-corrected chi connectivity index (χ2v) is 5.20. The molecule has 92 valence electrons. The summed E-state index contributed by atoms with van der Waals surface area (Å²) in [6.07, 6.45) is 2.80. The maximum Gasteiger partial charge on any atom is 0.133 e. The molecule has 1 aliphatic carbocycles. The Bertz CT molecular complexity index is 410. The lowest BCUT2D eigenvalue weighted by molar-refractivity contribution is -0.123. The van der Waals surface area contributed by atoms with E-state index in [-0.39, 0.29) is 18.5 Å². The van der Waals surface area contributed by atoms with Crippen molar-refractivity contribution in [3.63, 3.8) is 0 Å². The van der Waals surface area contributed by atoms with Crippen LogP contribution in [0.5, 0.6) is 0 Å². The molecule has 1 saturated carbocycles. The number of carbonyl (C=O) groups excluding carboxylic acids is 1. The number of ketones is 1. The number of hydrogen-bond donors (Lipinski definition) is 0. The average Bonchev–Trinajstić information content (AvgIpc) is 2.30. The van der Waals surface area contributed by atoms with Gasteiger partial charge in [0.1, 0.15) is 11.6 Å². The third-order valence-electron chi connectivity index (χ3n) is 2.98. The Morgan fingerprint density at radius 1 is 1.35 bits per heavy atom. The third kappa shape index (κ3) is 3.61. The van der Waals surface area contributed by atoms with E-state index in [2.05, 4.69) is 15.9 Å². The van der Waals surface area contributed by atoms with Crippen molar-refractivity contribution in [2.24, 2.45) is 0 Å². The number of carbonyl (C=O) groups is 1. The molecule has 0 saturated heterocycles. The van der Waals surface area contributed by atoms with E-state index in [4.69, 9.17) is 4.74 Å². The third-order valence-corrected chi connectivity index (χ3v) is 3.47. The fourth-order valence-electron chi connectivity index (χ4n) is 1.93. The molecule has 2 nitrogen and oxygen atoms in total. The molecule has 0 aromatic heterocycles. The van der Waals surface area contributed by atoms with Crippen LogP contribution < -0.4 is 0 Å². The number of Topliss-reactive ketones (excluding diaryl/α,β-unsaturated/α-hetero) is 1. The molecule has 1 aromatic carbocycles. The smallest absolute Gasteiger partial charge is 0.133 e. The van der Waals surface area contributed by atoms with Crippen LogP contribution in [-0.4, -0.2) is 11.9 Å². The van der Waals surface area contributed by atoms with E-state index in [1.54, 1.807) is 12.1 Å². The molecule has 0 atom stereocenters. The summed E-state index contributed by atoms with van der Waals surface area (Å²) in [5.41, 5.74) is 0.560. The number of hydrogen-bond acceptors (Lipinski definition) is 2. The molecular weight excluding hydrogens is 287 g/mol. The molecule has 2 rings (SSSR count). The van der Waals surface area contributed by atoms with Gasteiger partial charge in [-0.2, -0.15) is 0 Å². The highest BCUT2D eigenvalue weighted by molar-refractivity contribution is 9.10. The van der Waals surface area contributed by atoms with Crippen LogP contribution in [0, 0.1) is 5.82 Å². The highest BCUT2D eigenvalue weighted by atomic mass is 79.9. The number of benzene rings is 1. The van der Waals surface area contributed by atoms with E-state index >= 15 is 0 Å². The van der Waals surface area contributed by atoms with Gasteiger partial charge < -0.3 is 4.74 Å². The van der Waals surface area contributed by atoms with Crippen molar-refractivity contribution in [2.75, 3.05) is 0 Å². The molecule has 0 spiro atoms. The van der Waals surface area contributed by atoms with Crippen molar-refractivity contribution < 1.29 is 13.9 Å². The van der Waals surface area contributed by atoms with Gasteiger partial charge in [0.05, 0.1) is 12.7 Å².